The highest BCUT2D eigenvalue weighted by molar-refractivity contribution is 7.90. The van der Waals surface area contributed by atoms with Crippen LogP contribution < -0.4 is 4.72 Å². The summed E-state index contributed by atoms with van der Waals surface area (Å²) >= 11 is 0. The minimum atomic E-state index is -3.25. The summed E-state index contributed by atoms with van der Waals surface area (Å²) in [5, 5.41) is 10.1. The van der Waals surface area contributed by atoms with E-state index in [2.05, 4.69) is 46.1 Å². The molecule has 0 spiro atoms. The van der Waals surface area contributed by atoms with E-state index in [1.54, 1.807) is 6.20 Å². The minimum Gasteiger partial charge on any atom is -0.347 e. The molecule has 1 aliphatic rings. The Balaban J connectivity index is 1.77. The molecule has 0 amide bonds. The molecule has 1 aliphatic carbocycles. The van der Waals surface area contributed by atoms with E-state index in [1.165, 1.54) is 6.20 Å². The second-order valence-corrected chi connectivity index (χ2v) is 11.1. The zero-order valence-corrected chi connectivity index (χ0v) is 18.2. The van der Waals surface area contributed by atoms with Gasteiger partial charge in [-0.1, -0.05) is 32.9 Å². The standard InChI is InChI=1S/C22H25N5O2S/c1-22(2,3)14-27-13-16(12-26-30(28,29)17-5-6-17)18-7-4-15(10-20(18)27)21-19(11-23)24-8-9-25-21/h4,7-10,13,17,26H,5-6,12,14H2,1-3H3. The van der Waals surface area contributed by atoms with Gasteiger partial charge >= 0.3 is 0 Å². The molecule has 1 aromatic carbocycles. The molecule has 1 fully saturated rings. The number of sulfonamides is 1. The van der Waals surface area contributed by atoms with E-state index in [4.69, 9.17) is 0 Å². The van der Waals surface area contributed by atoms with Gasteiger partial charge in [-0.2, -0.15) is 5.26 Å². The summed E-state index contributed by atoms with van der Waals surface area (Å²) in [7, 11) is -3.25. The molecule has 1 saturated carbocycles. The molecular formula is C22H25N5O2S. The van der Waals surface area contributed by atoms with Crippen LogP contribution in [0.1, 0.15) is 44.9 Å². The number of hydrogen-bond acceptors (Lipinski definition) is 5. The largest absolute Gasteiger partial charge is 0.347 e. The van der Waals surface area contributed by atoms with E-state index in [-0.39, 0.29) is 22.9 Å². The van der Waals surface area contributed by atoms with E-state index in [1.807, 2.05) is 24.4 Å². The van der Waals surface area contributed by atoms with Crippen LogP contribution in [0.5, 0.6) is 0 Å². The molecule has 2 aromatic heterocycles. The van der Waals surface area contributed by atoms with Crippen LogP contribution in [0.4, 0.5) is 0 Å². The Morgan fingerprint density at radius 1 is 1.23 bits per heavy atom. The van der Waals surface area contributed by atoms with Crippen molar-refractivity contribution in [3.63, 3.8) is 0 Å². The first-order valence-electron chi connectivity index (χ1n) is 10.00. The van der Waals surface area contributed by atoms with Crippen LogP contribution in [-0.4, -0.2) is 28.2 Å². The van der Waals surface area contributed by atoms with Crippen molar-refractivity contribution in [2.45, 2.75) is 52.0 Å². The lowest BCUT2D eigenvalue weighted by atomic mass is 9.97. The number of benzene rings is 1. The van der Waals surface area contributed by atoms with Gasteiger partial charge in [0.2, 0.25) is 10.0 Å². The molecule has 2 heterocycles. The highest BCUT2D eigenvalue weighted by Crippen LogP contribution is 2.31. The third-order valence-electron chi connectivity index (χ3n) is 5.11. The Hall–Kier alpha value is -2.76. The maximum absolute atomic E-state index is 12.3. The Morgan fingerprint density at radius 3 is 2.63 bits per heavy atom. The first-order chi connectivity index (χ1) is 14.2. The van der Waals surface area contributed by atoms with Crippen molar-refractivity contribution in [3.8, 4) is 17.3 Å². The lowest BCUT2D eigenvalue weighted by Gasteiger charge is -2.20. The summed E-state index contributed by atoms with van der Waals surface area (Å²) in [6.45, 7) is 7.52. The van der Waals surface area contributed by atoms with E-state index in [9.17, 15) is 13.7 Å². The highest BCUT2D eigenvalue weighted by atomic mass is 32.2. The van der Waals surface area contributed by atoms with Gasteiger partial charge in [-0.3, -0.25) is 4.98 Å². The Bertz CT molecular complexity index is 1240. The first kappa shape index (κ1) is 20.5. The van der Waals surface area contributed by atoms with Crippen LogP contribution in [0, 0.1) is 16.7 Å². The zero-order valence-electron chi connectivity index (χ0n) is 17.4. The molecule has 0 atom stereocenters. The van der Waals surface area contributed by atoms with Gasteiger partial charge in [0.25, 0.3) is 0 Å². The van der Waals surface area contributed by atoms with Gasteiger partial charge in [0.15, 0.2) is 5.69 Å². The van der Waals surface area contributed by atoms with Crippen LogP contribution in [0.3, 0.4) is 0 Å². The third kappa shape index (κ3) is 4.23. The van der Waals surface area contributed by atoms with Crippen molar-refractivity contribution in [2.75, 3.05) is 0 Å². The summed E-state index contributed by atoms with van der Waals surface area (Å²) in [6, 6.07) is 7.98. The van der Waals surface area contributed by atoms with Crippen LogP contribution >= 0.6 is 0 Å². The van der Waals surface area contributed by atoms with Crippen molar-refractivity contribution < 1.29 is 8.42 Å². The molecule has 0 saturated heterocycles. The maximum Gasteiger partial charge on any atom is 0.214 e. The second-order valence-electron chi connectivity index (χ2n) is 9.01. The average Bonchev–Trinajstić information content (AvgIpc) is 3.51. The predicted octanol–water partition coefficient (Wildman–Crippen LogP) is 3.60. The van der Waals surface area contributed by atoms with Crippen molar-refractivity contribution >= 4 is 20.9 Å². The quantitative estimate of drug-likeness (QED) is 0.653. The number of nitrogens with one attached hydrogen (secondary N) is 1. The molecule has 4 rings (SSSR count). The number of aromatic nitrogens is 3. The average molecular weight is 424 g/mol. The Kier molecular flexibility index (Phi) is 5.12. The second kappa shape index (κ2) is 7.49. The molecule has 8 heteroatoms. The first-order valence-corrected chi connectivity index (χ1v) is 11.5. The molecule has 30 heavy (non-hydrogen) atoms. The highest BCUT2D eigenvalue weighted by Gasteiger charge is 2.35. The fraction of sp³-hybridized carbons (Fsp3) is 0.409. The normalized spacial score (nSPS) is 14.7. The topological polar surface area (TPSA) is 101 Å². The lowest BCUT2D eigenvalue weighted by Crippen LogP contribution is -2.26. The van der Waals surface area contributed by atoms with E-state index in [0.717, 1.165) is 41.4 Å². The molecule has 0 unspecified atom stereocenters. The number of rotatable bonds is 6. The van der Waals surface area contributed by atoms with E-state index in [0.29, 0.717) is 5.69 Å². The summed E-state index contributed by atoms with van der Waals surface area (Å²) < 4.78 is 29.5. The summed E-state index contributed by atoms with van der Waals surface area (Å²) in [6.07, 6.45) is 6.59. The van der Waals surface area contributed by atoms with Crippen molar-refractivity contribution in [3.05, 3.63) is 48.0 Å². The van der Waals surface area contributed by atoms with Crippen LogP contribution in [-0.2, 0) is 23.1 Å². The fourth-order valence-corrected chi connectivity index (χ4v) is 4.95. The smallest absolute Gasteiger partial charge is 0.214 e. The van der Waals surface area contributed by atoms with Gasteiger partial charge in [0.05, 0.1) is 5.25 Å². The monoisotopic (exact) mass is 423 g/mol. The van der Waals surface area contributed by atoms with Crippen LogP contribution in [0.2, 0.25) is 0 Å². The number of nitriles is 1. The molecule has 1 N–H and O–H groups in total. The molecule has 3 aromatic rings. The van der Waals surface area contributed by atoms with Crippen molar-refractivity contribution in [1.29, 1.82) is 5.26 Å². The molecular weight excluding hydrogens is 398 g/mol. The van der Waals surface area contributed by atoms with Gasteiger partial charge in [-0.25, -0.2) is 18.1 Å². The molecule has 0 radical (unpaired) electrons. The van der Waals surface area contributed by atoms with Gasteiger partial charge in [-0.05, 0) is 29.9 Å². The van der Waals surface area contributed by atoms with Gasteiger partial charge < -0.3 is 4.57 Å². The van der Waals surface area contributed by atoms with E-state index >= 15 is 0 Å². The summed E-state index contributed by atoms with van der Waals surface area (Å²) in [4.78, 5) is 8.46. The van der Waals surface area contributed by atoms with Gasteiger partial charge in [0, 0.05) is 48.1 Å². The van der Waals surface area contributed by atoms with Crippen molar-refractivity contribution in [2.24, 2.45) is 5.41 Å². The maximum atomic E-state index is 12.3. The lowest BCUT2D eigenvalue weighted by molar-refractivity contribution is 0.349. The van der Waals surface area contributed by atoms with E-state index < -0.39 is 10.0 Å². The zero-order chi connectivity index (χ0) is 21.5. The fourth-order valence-electron chi connectivity index (χ4n) is 3.60. The van der Waals surface area contributed by atoms with Crippen molar-refractivity contribution in [1.82, 2.24) is 19.3 Å². The molecule has 0 aliphatic heterocycles. The third-order valence-corrected chi connectivity index (χ3v) is 7.01. The number of nitrogens with zero attached hydrogens (tertiary/aromatic N) is 4. The molecule has 7 nitrogen and oxygen atoms in total. The van der Waals surface area contributed by atoms with Crippen LogP contribution in [0.25, 0.3) is 22.2 Å². The van der Waals surface area contributed by atoms with Gasteiger partial charge in [0.1, 0.15) is 11.8 Å². The Morgan fingerprint density at radius 2 is 1.97 bits per heavy atom. The molecule has 0 bridgehead atoms. The summed E-state index contributed by atoms with van der Waals surface area (Å²) in [5.41, 5.74) is 3.59. The predicted molar refractivity (Wildman–Crippen MR) is 116 cm³/mol. The van der Waals surface area contributed by atoms with Crippen LogP contribution in [0.15, 0.2) is 36.8 Å². The molecule has 156 valence electrons. The SMILES string of the molecule is CC(C)(C)Cn1cc(CNS(=O)(=O)C2CC2)c2ccc(-c3nccnc3C#N)cc21. The summed E-state index contributed by atoms with van der Waals surface area (Å²) in [5.74, 6) is 0. The number of fused-ring (bicyclic) bond motifs is 1. The Labute approximate surface area is 176 Å². The minimum absolute atomic E-state index is 0.0388. The number of hydrogen-bond donors (Lipinski definition) is 1. The van der Waals surface area contributed by atoms with Gasteiger partial charge in [-0.15, -0.1) is 0 Å².